The monoisotopic (exact) mass is 544 g/mol. The molecule has 2 N–H and O–H groups in total. The third-order valence-electron chi connectivity index (χ3n) is 4.65. The van der Waals surface area contributed by atoms with Crippen LogP contribution in [0.3, 0.4) is 0 Å². The second-order valence-electron chi connectivity index (χ2n) is 7.18. The zero-order valence-electron chi connectivity index (χ0n) is 19.4. The van der Waals surface area contributed by atoms with E-state index < -0.39 is 0 Å². The molecule has 1 heterocycles. The van der Waals surface area contributed by atoms with E-state index in [1.807, 2.05) is 25.5 Å². The van der Waals surface area contributed by atoms with Gasteiger partial charge < -0.3 is 24.7 Å². The van der Waals surface area contributed by atoms with E-state index in [-0.39, 0.29) is 24.0 Å². The number of nitrogens with one attached hydrogen (secondary N) is 2. The molecule has 9 heteroatoms. The van der Waals surface area contributed by atoms with Crippen molar-refractivity contribution in [2.45, 2.75) is 53.6 Å². The van der Waals surface area contributed by atoms with E-state index in [1.54, 1.807) is 0 Å². The average molecular weight is 544 g/mol. The van der Waals surface area contributed by atoms with Gasteiger partial charge in [0.2, 0.25) is 0 Å². The SMILES string of the molecule is CCCOc1cc(C)ccc1CN=C(NCCCOCC)NCc1nnc(C)n1C.I. The van der Waals surface area contributed by atoms with Crippen molar-refractivity contribution in [2.75, 3.05) is 26.4 Å². The highest BCUT2D eigenvalue weighted by molar-refractivity contribution is 14.0. The van der Waals surface area contributed by atoms with Crippen LogP contribution >= 0.6 is 24.0 Å². The Bertz CT molecular complexity index is 809. The fourth-order valence-electron chi connectivity index (χ4n) is 2.77. The Hall–Kier alpha value is -1.88. The summed E-state index contributed by atoms with van der Waals surface area (Å²) in [6.45, 7) is 12.1. The largest absolute Gasteiger partial charge is 0.493 e. The van der Waals surface area contributed by atoms with Crippen LogP contribution in [0.2, 0.25) is 0 Å². The van der Waals surface area contributed by atoms with E-state index in [0.717, 1.165) is 61.5 Å². The molecule has 0 spiro atoms. The Morgan fingerprint density at radius 2 is 1.94 bits per heavy atom. The molecule has 0 radical (unpaired) electrons. The van der Waals surface area contributed by atoms with Crippen LogP contribution in [0.15, 0.2) is 23.2 Å². The third kappa shape index (κ3) is 9.42. The molecule has 2 aromatic rings. The number of benzene rings is 1. The molecule has 0 fully saturated rings. The van der Waals surface area contributed by atoms with Crippen molar-refractivity contribution in [1.29, 1.82) is 0 Å². The molecule has 0 bridgehead atoms. The average Bonchev–Trinajstić information content (AvgIpc) is 3.06. The minimum atomic E-state index is 0. The van der Waals surface area contributed by atoms with Crippen LogP contribution < -0.4 is 15.4 Å². The van der Waals surface area contributed by atoms with Crippen LogP contribution in [0.4, 0.5) is 0 Å². The van der Waals surface area contributed by atoms with Crippen molar-refractivity contribution < 1.29 is 9.47 Å². The van der Waals surface area contributed by atoms with Crippen molar-refractivity contribution in [1.82, 2.24) is 25.4 Å². The second kappa shape index (κ2) is 15.0. The molecule has 0 saturated carbocycles. The predicted molar refractivity (Wildman–Crippen MR) is 135 cm³/mol. The Morgan fingerprint density at radius 1 is 1.13 bits per heavy atom. The van der Waals surface area contributed by atoms with Gasteiger partial charge in [0.15, 0.2) is 11.8 Å². The van der Waals surface area contributed by atoms with Gasteiger partial charge in [-0.2, -0.15) is 0 Å². The number of hydrogen-bond donors (Lipinski definition) is 2. The highest BCUT2D eigenvalue weighted by atomic mass is 127. The number of guanidine groups is 1. The first-order valence-electron chi connectivity index (χ1n) is 10.7. The smallest absolute Gasteiger partial charge is 0.191 e. The van der Waals surface area contributed by atoms with Gasteiger partial charge in [-0.1, -0.05) is 19.1 Å². The molecule has 0 saturated heterocycles. The maximum atomic E-state index is 5.92. The van der Waals surface area contributed by atoms with Crippen LogP contribution in [0, 0.1) is 13.8 Å². The molecule has 0 atom stereocenters. The van der Waals surface area contributed by atoms with E-state index >= 15 is 0 Å². The Labute approximate surface area is 203 Å². The lowest BCUT2D eigenvalue weighted by Gasteiger charge is -2.14. The summed E-state index contributed by atoms with van der Waals surface area (Å²) in [6.07, 6.45) is 1.88. The molecule has 0 unspecified atom stereocenters. The summed E-state index contributed by atoms with van der Waals surface area (Å²) in [6, 6.07) is 6.25. The van der Waals surface area contributed by atoms with Gasteiger partial charge in [0.1, 0.15) is 11.6 Å². The topological polar surface area (TPSA) is 85.6 Å². The fraction of sp³-hybridized carbons (Fsp3) is 0.591. The number of aliphatic imine (C=N–C) groups is 1. The zero-order valence-corrected chi connectivity index (χ0v) is 21.7. The van der Waals surface area contributed by atoms with Crippen molar-refractivity contribution >= 4 is 29.9 Å². The van der Waals surface area contributed by atoms with Gasteiger partial charge in [-0.15, -0.1) is 34.2 Å². The normalized spacial score (nSPS) is 11.2. The number of rotatable bonds is 12. The predicted octanol–water partition coefficient (Wildman–Crippen LogP) is 3.50. The van der Waals surface area contributed by atoms with Crippen molar-refractivity contribution in [2.24, 2.45) is 12.0 Å². The zero-order chi connectivity index (χ0) is 21.8. The number of ether oxygens (including phenoxy) is 2. The van der Waals surface area contributed by atoms with Crippen LogP contribution in [-0.4, -0.2) is 47.1 Å². The van der Waals surface area contributed by atoms with E-state index in [0.29, 0.717) is 19.7 Å². The molecule has 0 aliphatic carbocycles. The number of hydrogen-bond acceptors (Lipinski definition) is 5. The van der Waals surface area contributed by atoms with Gasteiger partial charge in [-0.3, -0.25) is 0 Å². The molecule has 31 heavy (non-hydrogen) atoms. The van der Waals surface area contributed by atoms with Crippen LogP contribution in [0.1, 0.15) is 49.5 Å². The Morgan fingerprint density at radius 3 is 2.61 bits per heavy atom. The first kappa shape index (κ1) is 27.2. The number of nitrogens with zero attached hydrogens (tertiary/aromatic N) is 4. The Balaban J connectivity index is 0.00000480. The van der Waals surface area contributed by atoms with E-state index in [2.05, 4.69) is 52.9 Å². The summed E-state index contributed by atoms with van der Waals surface area (Å²) in [5.74, 6) is 3.38. The van der Waals surface area contributed by atoms with Gasteiger partial charge in [-0.25, -0.2) is 4.99 Å². The first-order valence-corrected chi connectivity index (χ1v) is 10.7. The maximum Gasteiger partial charge on any atom is 0.191 e. The minimum absolute atomic E-state index is 0. The molecule has 8 nitrogen and oxygen atoms in total. The quantitative estimate of drug-likeness (QED) is 0.184. The van der Waals surface area contributed by atoms with Crippen molar-refractivity contribution in [3.63, 3.8) is 0 Å². The summed E-state index contributed by atoms with van der Waals surface area (Å²) in [5, 5.41) is 15.1. The molecule has 0 amide bonds. The molecule has 0 aliphatic heterocycles. The highest BCUT2D eigenvalue weighted by Gasteiger charge is 2.08. The Kier molecular flexibility index (Phi) is 13.1. The second-order valence-corrected chi connectivity index (χ2v) is 7.18. The lowest BCUT2D eigenvalue weighted by molar-refractivity contribution is 0.145. The summed E-state index contributed by atoms with van der Waals surface area (Å²) < 4.78 is 13.3. The van der Waals surface area contributed by atoms with Gasteiger partial charge in [0.25, 0.3) is 0 Å². The summed E-state index contributed by atoms with van der Waals surface area (Å²) in [5.41, 5.74) is 2.25. The summed E-state index contributed by atoms with van der Waals surface area (Å²) in [7, 11) is 1.96. The van der Waals surface area contributed by atoms with Gasteiger partial charge >= 0.3 is 0 Å². The van der Waals surface area contributed by atoms with E-state index in [9.17, 15) is 0 Å². The number of halogens is 1. The molecule has 2 rings (SSSR count). The van der Waals surface area contributed by atoms with E-state index in [4.69, 9.17) is 14.5 Å². The molecule has 1 aromatic heterocycles. The van der Waals surface area contributed by atoms with Crippen molar-refractivity contribution in [3.05, 3.63) is 41.0 Å². The fourth-order valence-corrected chi connectivity index (χ4v) is 2.77. The third-order valence-corrected chi connectivity index (χ3v) is 4.65. The molecule has 0 aliphatic rings. The standard InChI is InChI=1S/C22H36N6O2.HI/c1-6-12-30-20-14-17(3)9-10-19(20)15-24-22(23-11-8-13-29-7-2)25-16-21-27-26-18(4)28(21)5;/h9-10,14H,6-8,11-13,15-16H2,1-5H3,(H2,23,24,25);1H. The van der Waals surface area contributed by atoms with E-state index in [1.165, 1.54) is 5.56 Å². The highest BCUT2D eigenvalue weighted by Crippen LogP contribution is 2.21. The van der Waals surface area contributed by atoms with Crippen LogP contribution in [0.25, 0.3) is 0 Å². The summed E-state index contributed by atoms with van der Waals surface area (Å²) in [4.78, 5) is 4.78. The molecule has 174 valence electrons. The van der Waals surface area contributed by atoms with Gasteiger partial charge in [-0.05, 0) is 45.2 Å². The molecule has 1 aromatic carbocycles. The molecular weight excluding hydrogens is 507 g/mol. The van der Waals surface area contributed by atoms with Crippen LogP contribution in [0.5, 0.6) is 5.75 Å². The number of aromatic nitrogens is 3. The van der Waals surface area contributed by atoms with Gasteiger partial charge in [0.05, 0.1) is 19.7 Å². The van der Waals surface area contributed by atoms with Crippen molar-refractivity contribution in [3.8, 4) is 5.75 Å². The molecular formula is C22H37IN6O2. The summed E-state index contributed by atoms with van der Waals surface area (Å²) >= 11 is 0. The lowest BCUT2D eigenvalue weighted by Crippen LogP contribution is -2.38. The number of aryl methyl sites for hydroxylation is 2. The van der Waals surface area contributed by atoms with Gasteiger partial charge in [0, 0.05) is 32.4 Å². The lowest BCUT2D eigenvalue weighted by atomic mass is 10.1. The maximum absolute atomic E-state index is 5.92. The minimum Gasteiger partial charge on any atom is -0.493 e. The van der Waals surface area contributed by atoms with Crippen LogP contribution in [-0.2, 0) is 24.9 Å². The first-order chi connectivity index (χ1) is 14.5.